The van der Waals surface area contributed by atoms with Crippen molar-refractivity contribution >= 4 is 92.4 Å². The summed E-state index contributed by atoms with van der Waals surface area (Å²) in [5.74, 6) is 0. The van der Waals surface area contributed by atoms with Crippen LogP contribution in [0.3, 0.4) is 0 Å². The number of hydrogen-bond donors (Lipinski definition) is 0. The highest BCUT2D eigenvalue weighted by atomic mass is 32.1. The Balaban J connectivity index is 1.06. The molecule has 0 aliphatic rings. The minimum absolute atomic E-state index is 0.841. The van der Waals surface area contributed by atoms with Gasteiger partial charge in [0.25, 0.3) is 0 Å². The van der Waals surface area contributed by atoms with E-state index in [1.54, 1.807) is 12.4 Å². The molecule has 0 spiro atoms. The maximum atomic E-state index is 6.37. The fourth-order valence-electron chi connectivity index (χ4n) is 7.69. The van der Waals surface area contributed by atoms with Crippen LogP contribution in [0.2, 0.25) is 0 Å². The highest BCUT2D eigenvalue weighted by Crippen LogP contribution is 2.46. The van der Waals surface area contributed by atoms with E-state index < -0.39 is 0 Å². The lowest BCUT2D eigenvalue weighted by molar-refractivity contribution is 0.669. The lowest BCUT2D eigenvalue weighted by Crippen LogP contribution is -2.10. The van der Waals surface area contributed by atoms with Gasteiger partial charge in [-0.15, -0.1) is 11.3 Å². The largest absolute Gasteiger partial charge is 0.455 e. The van der Waals surface area contributed by atoms with E-state index in [4.69, 9.17) is 8.83 Å². The second kappa shape index (κ2) is 11.4. The van der Waals surface area contributed by atoms with E-state index in [2.05, 4.69) is 142 Å². The molecule has 52 heavy (non-hydrogen) atoms. The van der Waals surface area contributed by atoms with Gasteiger partial charge in [0.15, 0.2) is 0 Å². The van der Waals surface area contributed by atoms with Crippen LogP contribution in [0.1, 0.15) is 0 Å². The fraction of sp³-hybridized carbons (Fsp3) is 0. The van der Waals surface area contributed by atoms with Crippen LogP contribution in [0, 0.1) is 0 Å². The van der Waals surface area contributed by atoms with E-state index in [0.717, 1.165) is 83.2 Å². The number of pyridine rings is 2. The molecule has 0 atom stereocenters. The lowest BCUT2D eigenvalue weighted by atomic mass is 10.0. The lowest BCUT2D eigenvalue weighted by Gasteiger charge is -2.27. The number of anilines is 3. The number of thiophene rings is 1. The van der Waals surface area contributed by atoms with Gasteiger partial charge in [0, 0.05) is 89.0 Å². The quantitative estimate of drug-likeness (QED) is 0.180. The first-order valence-corrected chi connectivity index (χ1v) is 18.0. The topological polar surface area (TPSA) is 55.3 Å². The van der Waals surface area contributed by atoms with Crippen LogP contribution in [-0.2, 0) is 0 Å². The number of furan rings is 2. The third-order valence-electron chi connectivity index (χ3n) is 10.1. The second-order valence-corrected chi connectivity index (χ2v) is 14.1. The first-order chi connectivity index (χ1) is 25.8. The third-order valence-corrected chi connectivity index (χ3v) is 11.2. The molecular weight excluding hydrogens is 659 g/mol. The number of aromatic nitrogens is 2. The predicted molar refractivity (Wildman–Crippen MR) is 215 cm³/mol. The molecule has 244 valence electrons. The Kier molecular flexibility index (Phi) is 6.35. The van der Waals surface area contributed by atoms with Crippen molar-refractivity contribution in [1.29, 1.82) is 0 Å². The number of rotatable bonds is 5. The number of hydrogen-bond acceptors (Lipinski definition) is 6. The van der Waals surface area contributed by atoms with Gasteiger partial charge in [-0.25, -0.2) is 0 Å². The zero-order valence-corrected chi connectivity index (χ0v) is 28.5. The van der Waals surface area contributed by atoms with Crippen molar-refractivity contribution in [1.82, 2.24) is 9.97 Å². The Hall–Kier alpha value is -6.76. The molecule has 0 N–H and O–H groups in total. The summed E-state index contributed by atoms with van der Waals surface area (Å²) in [5, 5.41) is 6.69. The molecule has 0 aliphatic carbocycles. The van der Waals surface area contributed by atoms with Crippen molar-refractivity contribution in [3.63, 3.8) is 0 Å². The molecule has 6 aromatic carbocycles. The van der Waals surface area contributed by atoms with Crippen LogP contribution < -0.4 is 4.90 Å². The SMILES string of the molecule is c1ccc2c(c1)sc1cccc(N(c3ccc(-c4cccc5c4oc4ccncc45)cc3)c3ccc(-c4cccc5c4oc4ccncc45)cc3)c12. The van der Waals surface area contributed by atoms with Crippen LogP contribution in [0.5, 0.6) is 0 Å². The van der Waals surface area contributed by atoms with Crippen molar-refractivity contribution in [2.45, 2.75) is 0 Å². The Bertz CT molecular complexity index is 2980. The summed E-state index contributed by atoms with van der Waals surface area (Å²) in [7, 11) is 0. The van der Waals surface area contributed by atoms with Gasteiger partial charge in [-0.3, -0.25) is 9.97 Å². The second-order valence-electron chi connectivity index (χ2n) is 13.0. The average molecular weight is 686 g/mol. The molecule has 0 unspecified atom stereocenters. The molecule has 11 rings (SSSR count). The summed E-state index contributed by atoms with van der Waals surface area (Å²) in [6, 6.07) is 49.4. The summed E-state index contributed by atoms with van der Waals surface area (Å²) in [6.45, 7) is 0. The predicted octanol–water partition coefficient (Wildman–Crippen LogP) is 13.4. The maximum absolute atomic E-state index is 6.37. The highest BCUT2D eigenvalue weighted by molar-refractivity contribution is 7.26. The Morgan fingerprint density at radius 1 is 0.442 bits per heavy atom. The van der Waals surface area contributed by atoms with Crippen LogP contribution in [-0.4, -0.2) is 9.97 Å². The average Bonchev–Trinajstić information content (AvgIpc) is 3.90. The number of benzene rings is 6. The standard InChI is InChI=1S/C46H27N3O2S/c1-2-12-42-36(6-1)44-39(11-5-13-43(44)52-42)49(30-18-14-28(15-19-30)32-7-3-9-34-37-26-47-24-22-40(37)50-45(32)34)31-20-16-29(17-21-31)33-8-4-10-35-38-27-48-25-23-41(38)51-46(33)35/h1-27H. The van der Waals surface area contributed by atoms with Crippen LogP contribution in [0.4, 0.5) is 17.1 Å². The molecule has 0 fully saturated rings. The van der Waals surface area contributed by atoms with Gasteiger partial charge >= 0.3 is 0 Å². The van der Waals surface area contributed by atoms with Crippen molar-refractivity contribution in [2.75, 3.05) is 4.90 Å². The molecular formula is C46H27N3O2S. The van der Waals surface area contributed by atoms with E-state index in [1.165, 1.54) is 20.2 Å². The molecule has 5 aromatic heterocycles. The van der Waals surface area contributed by atoms with E-state index in [9.17, 15) is 0 Å². The summed E-state index contributed by atoms with van der Waals surface area (Å²) < 4.78 is 15.3. The van der Waals surface area contributed by atoms with Crippen molar-refractivity contribution in [3.05, 3.63) is 164 Å². The summed E-state index contributed by atoms with van der Waals surface area (Å²) >= 11 is 1.83. The zero-order valence-electron chi connectivity index (χ0n) is 27.7. The number of fused-ring (bicyclic) bond motifs is 9. The molecule has 0 bridgehead atoms. The van der Waals surface area contributed by atoms with Gasteiger partial charge in [0.2, 0.25) is 0 Å². The first-order valence-electron chi connectivity index (χ1n) is 17.2. The van der Waals surface area contributed by atoms with Crippen molar-refractivity contribution < 1.29 is 8.83 Å². The van der Waals surface area contributed by atoms with Gasteiger partial charge in [-0.1, -0.05) is 84.9 Å². The monoisotopic (exact) mass is 685 g/mol. The summed E-state index contributed by atoms with van der Waals surface area (Å²) in [6.07, 6.45) is 7.30. The number of nitrogens with zero attached hydrogens (tertiary/aromatic N) is 3. The van der Waals surface area contributed by atoms with Gasteiger partial charge < -0.3 is 13.7 Å². The van der Waals surface area contributed by atoms with E-state index in [0.29, 0.717) is 0 Å². The fourth-order valence-corrected chi connectivity index (χ4v) is 8.82. The van der Waals surface area contributed by atoms with Gasteiger partial charge in [0.1, 0.15) is 22.3 Å². The first kappa shape index (κ1) is 29.0. The highest BCUT2D eigenvalue weighted by Gasteiger charge is 2.20. The van der Waals surface area contributed by atoms with E-state index in [1.807, 2.05) is 35.9 Å². The van der Waals surface area contributed by atoms with Gasteiger partial charge in [-0.05, 0) is 65.7 Å². The van der Waals surface area contributed by atoms with Gasteiger partial charge in [-0.2, -0.15) is 0 Å². The van der Waals surface area contributed by atoms with Crippen LogP contribution >= 0.6 is 11.3 Å². The molecule has 5 heterocycles. The molecule has 0 saturated heterocycles. The summed E-state index contributed by atoms with van der Waals surface area (Å²) in [5.41, 5.74) is 11.0. The molecule has 0 saturated carbocycles. The molecule has 0 radical (unpaired) electrons. The maximum Gasteiger partial charge on any atom is 0.143 e. The van der Waals surface area contributed by atoms with Crippen molar-refractivity contribution in [3.8, 4) is 22.3 Å². The van der Waals surface area contributed by atoms with E-state index in [-0.39, 0.29) is 0 Å². The number of para-hydroxylation sites is 2. The molecule has 5 nitrogen and oxygen atoms in total. The minimum Gasteiger partial charge on any atom is -0.455 e. The third kappa shape index (κ3) is 4.41. The molecule has 0 aliphatic heterocycles. The van der Waals surface area contributed by atoms with Crippen LogP contribution in [0.15, 0.2) is 173 Å². The molecule has 6 heteroatoms. The Morgan fingerprint density at radius 2 is 0.962 bits per heavy atom. The zero-order chi connectivity index (χ0) is 34.2. The smallest absolute Gasteiger partial charge is 0.143 e. The minimum atomic E-state index is 0.841. The normalized spacial score (nSPS) is 11.8. The molecule has 0 amide bonds. The van der Waals surface area contributed by atoms with Gasteiger partial charge in [0.05, 0.1) is 5.69 Å². The molecule has 11 aromatic rings. The van der Waals surface area contributed by atoms with E-state index >= 15 is 0 Å². The van der Waals surface area contributed by atoms with Crippen LogP contribution in [0.25, 0.3) is 86.3 Å². The summed E-state index contributed by atoms with van der Waals surface area (Å²) in [4.78, 5) is 11.0. The Labute approximate surface area is 301 Å². The van der Waals surface area contributed by atoms with Crippen molar-refractivity contribution in [2.24, 2.45) is 0 Å². The Morgan fingerprint density at radius 3 is 1.56 bits per heavy atom.